The van der Waals surface area contributed by atoms with Gasteiger partial charge in [-0.25, -0.2) is 13.2 Å². The topological polar surface area (TPSA) is 12.0 Å². The molecule has 1 heterocycles. The molecule has 0 radical (unpaired) electrons. The Bertz CT molecular complexity index is 417. The molecule has 1 aromatic rings. The minimum Gasteiger partial charge on any atom is -0.314 e. The molecule has 0 aliphatic carbocycles. The van der Waals surface area contributed by atoms with Crippen LogP contribution in [0.15, 0.2) is 6.07 Å². The predicted octanol–water partition coefficient (Wildman–Crippen LogP) is 3.44. The molecule has 1 N–H and O–H groups in total. The molecule has 1 nitrogen and oxygen atoms in total. The Morgan fingerprint density at radius 3 is 2.65 bits per heavy atom. The monoisotopic (exact) mass is 263 g/mol. The highest BCUT2D eigenvalue weighted by Gasteiger charge is 2.20. The lowest BCUT2D eigenvalue weighted by molar-refractivity contribution is 0.393. The number of nitrogens with one attached hydrogen (secondary N) is 1. The first-order chi connectivity index (χ1) is 8.09. The van der Waals surface area contributed by atoms with Crippen LogP contribution in [-0.4, -0.2) is 12.6 Å². The van der Waals surface area contributed by atoms with E-state index in [2.05, 4.69) is 5.32 Å². The van der Waals surface area contributed by atoms with Crippen LogP contribution in [0.25, 0.3) is 0 Å². The predicted molar refractivity (Wildman–Crippen MR) is 60.7 cm³/mol. The van der Waals surface area contributed by atoms with Gasteiger partial charge in [0.05, 0.1) is 0 Å². The van der Waals surface area contributed by atoms with E-state index in [9.17, 15) is 13.2 Å². The molecular formula is C12H13ClF3N. The standard InChI is InChI=1S/C12H13ClF3N/c13-10-11(15)7(6-9(14)12(10)16)5-8-3-1-2-4-17-8/h6,8,17H,1-5H2. The van der Waals surface area contributed by atoms with Crippen molar-refractivity contribution in [1.29, 1.82) is 0 Å². The number of piperidine rings is 1. The molecule has 1 aliphatic rings. The molecule has 0 aromatic heterocycles. The Morgan fingerprint density at radius 2 is 2.00 bits per heavy atom. The fraction of sp³-hybridized carbons (Fsp3) is 0.500. The smallest absolute Gasteiger partial charge is 0.180 e. The zero-order valence-electron chi connectivity index (χ0n) is 9.20. The summed E-state index contributed by atoms with van der Waals surface area (Å²) in [6, 6.07) is 1.01. The second kappa shape index (κ2) is 5.27. The molecule has 94 valence electrons. The number of rotatable bonds is 2. The number of hydrogen-bond donors (Lipinski definition) is 1. The summed E-state index contributed by atoms with van der Waals surface area (Å²) < 4.78 is 39.7. The zero-order chi connectivity index (χ0) is 12.4. The van der Waals surface area contributed by atoms with E-state index in [1.165, 1.54) is 0 Å². The van der Waals surface area contributed by atoms with Crippen LogP contribution in [0.1, 0.15) is 24.8 Å². The average molecular weight is 264 g/mol. The Labute approximate surface area is 103 Å². The van der Waals surface area contributed by atoms with Crippen molar-refractivity contribution in [3.8, 4) is 0 Å². The quantitative estimate of drug-likeness (QED) is 0.637. The second-order valence-corrected chi connectivity index (χ2v) is 4.69. The molecule has 0 spiro atoms. The number of hydrogen-bond acceptors (Lipinski definition) is 1. The van der Waals surface area contributed by atoms with Crippen molar-refractivity contribution in [2.24, 2.45) is 0 Å². The molecule has 1 unspecified atom stereocenters. The third kappa shape index (κ3) is 2.75. The molecular weight excluding hydrogens is 251 g/mol. The SMILES string of the molecule is Fc1cc(CC2CCCCN2)c(F)c(Cl)c1F. The van der Waals surface area contributed by atoms with Gasteiger partial charge in [0.15, 0.2) is 11.6 Å². The van der Waals surface area contributed by atoms with Crippen molar-refractivity contribution < 1.29 is 13.2 Å². The second-order valence-electron chi connectivity index (χ2n) is 4.31. The van der Waals surface area contributed by atoms with E-state index in [0.29, 0.717) is 6.42 Å². The zero-order valence-corrected chi connectivity index (χ0v) is 9.96. The van der Waals surface area contributed by atoms with E-state index >= 15 is 0 Å². The molecule has 1 saturated heterocycles. The van der Waals surface area contributed by atoms with Crippen molar-refractivity contribution in [3.05, 3.63) is 34.1 Å². The highest BCUT2D eigenvalue weighted by Crippen LogP contribution is 2.26. The van der Waals surface area contributed by atoms with Gasteiger partial charge >= 0.3 is 0 Å². The highest BCUT2D eigenvalue weighted by molar-refractivity contribution is 6.31. The minimum atomic E-state index is -1.32. The van der Waals surface area contributed by atoms with E-state index in [1.54, 1.807) is 0 Å². The minimum absolute atomic E-state index is 0.110. The number of halogens is 4. The van der Waals surface area contributed by atoms with Crippen molar-refractivity contribution >= 4 is 11.6 Å². The molecule has 1 fully saturated rings. The summed E-state index contributed by atoms with van der Waals surface area (Å²) in [7, 11) is 0. The summed E-state index contributed by atoms with van der Waals surface area (Å²) in [5, 5.41) is 2.47. The van der Waals surface area contributed by atoms with Crippen molar-refractivity contribution in [3.63, 3.8) is 0 Å². The summed E-state index contributed by atoms with van der Waals surface area (Å²) in [4.78, 5) is 0. The Hall–Kier alpha value is -0.740. The lowest BCUT2D eigenvalue weighted by Crippen LogP contribution is -2.35. The van der Waals surface area contributed by atoms with Gasteiger partial charge in [-0.3, -0.25) is 0 Å². The summed E-state index contributed by atoms with van der Waals surface area (Å²) in [6.07, 6.45) is 3.41. The van der Waals surface area contributed by atoms with Crippen LogP contribution >= 0.6 is 11.6 Å². The molecule has 0 saturated carbocycles. The first-order valence-electron chi connectivity index (χ1n) is 5.65. The van der Waals surface area contributed by atoms with Crippen molar-refractivity contribution in [1.82, 2.24) is 5.32 Å². The molecule has 1 atom stereocenters. The van der Waals surface area contributed by atoms with Gasteiger partial charge < -0.3 is 5.32 Å². The summed E-state index contributed by atoms with van der Waals surface area (Å²) in [5.74, 6) is -3.26. The third-order valence-corrected chi connectivity index (χ3v) is 3.39. The molecule has 2 rings (SSSR count). The van der Waals surface area contributed by atoms with E-state index < -0.39 is 22.5 Å². The van der Waals surface area contributed by atoms with E-state index in [-0.39, 0.29) is 11.6 Å². The maximum absolute atomic E-state index is 13.6. The molecule has 17 heavy (non-hydrogen) atoms. The largest absolute Gasteiger partial charge is 0.314 e. The van der Waals surface area contributed by atoms with E-state index in [4.69, 9.17) is 11.6 Å². The van der Waals surface area contributed by atoms with E-state index in [1.807, 2.05) is 0 Å². The van der Waals surface area contributed by atoms with Crippen LogP contribution in [0.2, 0.25) is 5.02 Å². The van der Waals surface area contributed by atoms with Gasteiger partial charge in [-0.05, 0) is 37.4 Å². The summed E-state index contributed by atoms with van der Waals surface area (Å²) in [6.45, 7) is 0.879. The molecule has 5 heteroatoms. The Morgan fingerprint density at radius 1 is 1.24 bits per heavy atom. The van der Waals surface area contributed by atoms with Crippen LogP contribution < -0.4 is 5.32 Å². The lowest BCUT2D eigenvalue weighted by atomic mass is 9.97. The van der Waals surface area contributed by atoms with Gasteiger partial charge in [-0.2, -0.15) is 0 Å². The van der Waals surface area contributed by atoms with Crippen LogP contribution in [0, 0.1) is 17.5 Å². The summed E-state index contributed by atoms with van der Waals surface area (Å²) >= 11 is 5.40. The number of benzene rings is 1. The summed E-state index contributed by atoms with van der Waals surface area (Å²) in [5.41, 5.74) is 0.133. The maximum atomic E-state index is 13.6. The van der Waals surface area contributed by atoms with Crippen molar-refractivity contribution in [2.75, 3.05) is 6.54 Å². The third-order valence-electron chi connectivity index (χ3n) is 3.06. The van der Waals surface area contributed by atoms with Gasteiger partial charge in [0, 0.05) is 6.04 Å². The lowest BCUT2D eigenvalue weighted by Gasteiger charge is -2.23. The Balaban J connectivity index is 2.20. The maximum Gasteiger partial charge on any atom is 0.180 e. The average Bonchev–Trinajstić information content (AvgIpc) is 2.35. The fourth-order valence-corrected chi connectivity index (χ4v) is 2.35. The van der Waals surface area contributed by atoms with Crippen LogP contribution in [0.5, 0.6) is 0 Å². The van der Waals surface area contributed by atoms with Gasteiger partial charge in [0.2, 0.25) is 0 Å². The Kier molecular flexibility index (Phi) is 3.94. The van der Waals surface area contributed by atoms with Crippen LogP contribution in [0.3, 0.4) is 0 Å². The van der Waals surface area contributed by atoms with E-state index in [0.717, 1.165) is 31.9 Å². The van der Waals surface area contributed by atoms with Crippen molar-refractivity contribution in [2.45, 2.75) is 31.7 Å². The molecule has 0 amide bonds. The molecule has 1 aromatic carbocycles. The highest BCUT2D eigenvalue weighted by atomic mass is 35.5. The molecule has 1 aliphatic heterocycles. The van der Waals surface area contributed by atoms with Crippen LogP contribution in [0.4, 0.5) is 13.2 Å². The van der Waals surface area contributed by atoms with Gasteiger partial charge in [-0.15, -0.1) is 0 Å². The van der Waals surface area contributed by atoms with Gasteiger partial charge in [0.1, 0.15) is 10.8 Å². The normalized spacial score (nSPS) is 20.6. The molecule has 0 bridgehead atoms. The van der Waals surface area contributed by atoms with Gasteiger partial charge in [-0.1, -0.05) is 18.0 Å². The van der Waals surface area contributed by atoms with Crippen LogP contribution in [-0.2, 0) is 6.42 Å². The van der Waals surface area contributed by atoms with Gasteiger partial charge in [0.25, 0.3) is 0 Å². The first kappa shape index (κ1) is 12.7. The first-order valence-corrected chi connectivity index (χ1v) is 6.02. The fourth-order valence-electron chi connectivity index (χ4n) is 2.13.